The Morgan fingerprint density at radius 2 is 2.00 bits per heavy atom. The van der Waals surface area contributed by atoms with Crippen molar-refractivity contribution in [2.45, 2.75) is 37.8 Å². The number of Topliss-reactive ketones (excluding diaryl/α,β-unsaturated/α-hetero) is 1. The van der Waals surface area contributed by atoms with E-state index >= 15 is 0 Å². The first-order valence-electron chi connectivity index (χ1n) is 10.2. The van der Waals surface area contributed by atoms with E-state index in [1.807, 2.05) is 39.9 Å². The van der Waals surface area contributed by atoms with E-state index in [-0.39, 0.29) is 17.6 Å². The number of hydrogen-bond acceptors (Lipinski definition) is 5. The third kappa shape index (κ3) is 4.11. The van der Waals surface area contributed by atoms with Gasteiger partial charge in [-0.05, 0) is 18.4 Å². The van der Waals surface area contributed by atoms with Gasteiger partial charge in [-0.25, -0.2) is 4.98 Å². The number of fused-ring (bicyclic) bond motifs is 1. The Kier molecular flexibility index (Phi) is 6.06. The van der Waals surface area contributed by atoms with E-state index < -0.39 is 0 Å². The van der Waals surface area contributed by atoms with Gasteiger partial charge in [0.2, 0.25) is 5.91 Å². The summed E-state index contributed by atoms with van der Waals surface area (Å²) < 4.78 is 12.7. The topological polar surface area (TPSA) is 73.7 Å². The average molecular weight is 397 g/mol. The summed E-state index contributed by atoms with van der Waals surface area (Å²) >= 11 is 0. The summed E-state index contributed by atoms with van der Waals surface area (Å²) in [6, 6.07) is 7.50. The van der Waals surface area contributed by atoms with Gasteiger partial charge in [0.25, 0.3) is 0 Å². The van der Waals surface area contributed by atoms with E-state index in [0.29, 0.717) is 50.9 Å². The van der Waals surface area contributed by atoms with E-state index in [9.17, 15) is 9.59 Å². The molecule has 1 amide bonds. The number of benzene rings is 1. The maximum atomic E-state index is 13.1. The summed E-state index contributed by atoms with van der Waals surface area (Å²) in [6.45, 7) is 2.94. The molecule has 2 aromatic rings. The Hall–Kier alpha value is -2.51. The smallest absolute Gasteiger partial charge is 0.230 e. The number of imidazole rings is 1. The molecule has 4 rings (SSSR count). The van der Waals surface area contributed by atoms with Crippen molar-refractivity contribution in [2.75, 3.05) is 33.4 Å². The van der Waals surface area contributed by atoms with Crippen LogP contribution in [0.25, 0.3) is 0 Å². The van der Waals surface area contributed by atoms with E-state index in [2.05, 4.69) is 4.98 Å². The zero-order chi connectivity index (χ0) is 20.2. The molecule has 1 aliphatic carbocycles. The van der Waals surface area contributed by atoms with E-state index in [0.717, 1.165) is 24.2 Å². The Labute approximate surface area is 170 Å². The maximum absolute atomic E-state index is 13.1. The minimum Gasteiger partial charge on any atom is -0.382 e. The van der Waals surface area contributed by atoms with Crippen molar-refractivity contribution in [3.8, 4) is 0 Å². The lowest BCUT2D eigenvalue weighted by atomic mass is 9.93. The number of carbonyl (C=O) groups excluding carboxylic acids is 2. The van der Waals surface area contributed by atoms with Gasteiger partial charge in [0.05, 0.1) is 19.1 Å². The first-order valence-corrected chi connectivity index (χ1v) is 10.2. The fourth-order valence-corrected chi connectivity index (χ4v) is 4.35. The number of ketones is 1. The molecule has 1 saturated heterocycles. The lowest BCUT2D eigenvalue weighted by Gasteiger charge is -2.33. The van der Waals surface area contributed by atoms with E-state index in [1.165, 1.54) is 0 Å². The summed E-state index contributed by atoms with van der Waals surface area (Å²) in [7, 11) is 1.65. The van der Waals surface area contributed by atoms with Crippen molar-refractivity contribution < 1.29 is 19.1 Å². The van der Waals surface area contributed by atoms with Crippen molar-refractivity contribution in [1.29, 1.82) is 0 Å². The van der Waals surface area contributed by atoms with Crippen LogP contribution in [-0.4, -0.2) is 59.6 Å². The van der Waals surface area contributed by atoms with Crippen LogP contribution in [0.3, 0.4) is 0 Å². The highest BCUT2D eigenvalue weighted by Gasteiger charge is 2.37. The van der Waals surface area contributed by atoms with Crippen LogP contribution in [0.1, 0.15) is 52.8 Å². The molecule has 0 bridgehead atoms. The fourth-order valence-electron chi connectivity index (χ4n) is 4.35. The molecular formula is C22H27N3O4. The second-order valence-electron chi connectivity index (χ2n) is 7.65. The zero-order valence-corrected chi connectivity index (χ0v) is 16.8. The van der Waals surface area contributed by atoms with Gasteiger partial charge in [-0.3, -0.25) is 9.59 Å². The van der Waals surface area contributed by atoms with Crippen LogP contribution in [0.4, 0.5) is 0 Å². The molecule has 1 fully saturated rings. The molecule has 1 unspecified atom stereocenters. The van der Waals surface area contributed by atoms with Crippen LogP contribution in [0.5, 0.6) is 0 Å². The Morgan fingerprint density at radius 1 is 1.21 bits per heavy atom. The van der Waals surface area contributed by atoms with Gasteiger partial charge in [-0.15, -0.1) is 0 Å². The minimum atomic E-state index is -0.327. The molecule has 154 valence electrons. The van der Waals surface area contributed by atoms with Gasteiger partial charge in [0.1, 0.15) is 12.6 Å². The average Bonchev–Trinajstić information content (AvgIpc) is 3.36. The predicted molar refractivity (Wildman–Crippen MR) is 107 cm³/mol. The number of likely N-dealkylation sites (tertiary alicyclic amines) is 1. The van der Waals surface area contributed by atoms with Gasteiger partial charge >= 0.3 is 0 Å². The molecule has 1 atom stereocenters. The Bertz CT molecular complexity index is 870. The summed E-state index contributed by atoms with van der Waals surface area (Å²) in [6.07, 6.45) is 5.75. The van der Waals surface area contributed by atoms with Crippen molar-refractivity contribution in [2.24, 2.45) is 0 Å². The minimum absolute atomic E-state index is 0.0735. The largest absolute Gasteiger partial charge is 0.382 e. The van der Waals surface area contributed by atoms with Crippen molar-refractivity contribution >= 4 is 11.7 Å². The second kappa shape index (κ2) is 8.88. The lowest BCUT2D eigenvalue weighted by Crippen LogP contribution is -2.40. The van der Waals surface area contributed by atoms with Crippen LogP contribution in [0.15, 0.2) is 36.7 Å². The molecule has 2 heterocycles. The number of rotatable bonds is 7. The number of methoxy groups -OCH3 is 1. The van der Waals surface area contributed by atoms with Gasteiger partial charge < -0.3 is 18.9 Å². The quantitative estimate of drug-likeness (QED) is 0.672. The van der Waals surface area contributed by atoms with Crippen molar-refractivity contribution in [3.63, 3.8) is 0 Å². The molecular weight excluding hydrogens is 370 g/mol. The number of hydrogen-bond donors (Lipinski definition) is 0. The molecule has 29 heavy (non-hydrogen) atoms. The van der Waals surface area contributed by atoms with Crippen molar-refractivity contribution in [3.05, 3.63) is 53.6 Å². The fraction of sp³-hybridized carbons (Fsp3) is 0.500. The Balaban J connectivity index is 1.35. The summed E-state index contributed by atoms with van der Waals surface area (Å²) in [5, 5.41) is 0. The molecule has 0 saturated carbocycles. The number of piperidine rings is 1. The van der Waals surface area contributed by atoms with Crippen LogP contribution in [-0.2, 0) is 21.0 Å². The summed E-state index contributed by atoms with van der Waals surface area (Å²) in [5.41, 5.74) is 1.59. The number of ether oxygens (including phenoxy) is 2. The summed E-state index contributed by atoms with van der Waals surface area (Å²) in [5.74, 6) is 1.14. The SMILES string of the molecule is COCCOCn1ccnc1C1CCN(C(=O)C2CC(=O)c3ccccc32)CC1. The monoisotopic (exact) mass is 397 g/mol. The number of carbonyl (C=O) groups is 2. The van der Waals surface area contributed by atoms with Gasteiger partial charge in [-0.1, -0.05) is 24.3 Å². The van der Waals surface area contributed by atoms with Crippen LogP contribution < -0.4 is 0 Å². The van der Waals surface area contributed by atoms with Gasteiger partial charge in [-0.2, -0.15) is 0 Å². The Morgan fingerprint density at radius 3 is 2.79 bits per heavy atom. The van der Waals surface area contributed by atoms with Crippen LogP contribution in [0, 0.1) is 0 Å². The van der Waals surface area contributed by atoms with Gasteiger partial charge in [0, 0.05) is 50.5 Å². The lowest BCUT2D eigenvalue weighted by molar-refractivity contribution is -0.133. The number of nitrogens with zero attached hydrogens (tertiary/aromatic N) is 3. The van der Waals surface area contributed by atoms with Crippen LogP contribution in [0.2, 0.25) is 0 Å². The van der Waals surface area contributed by atoms with Gasteiger partial charge in [0.15, 0.2) is 5.78 Å². The normalized spacial score (nSPS) is 19.6. The summed E-state index contributed by atoms with van der Waals surface area (Å²) in [4.78, 5) is 31.8. The first kappa shape index (κ1) is 19.8. The molecule has 0 N–H and O–H groups in total. The maximum Gasteiger partial charge on any atom is 0.230 e. The van der Waals surface area contributed by atoms with E-state index in [4.69, 9.17) is 9.47 Å². The molecule has 7 nitrogen and oxygen atoms in total. The van der Waals surface area contributed by atoms with Crippen molar-refractivity contribution in [1.82, 2.24) is 14.5 Å². The molecule has 7 heteroatoms. The number of amides is 1. The molecule has 2 aliphatic rings. The molecule has 1 aromatic carbocycles. The third-order valence-electron chi connectivity index (χ3n) is 5.91. The molecule has 0 spiro atoms. The molecule has 0 radical (unpaired) electrons. The highest BCUT2D eigenvalue weighted by Crippen LogP contribution is 2.36. The molecule has 1 aliphatic heterocycles. The molecule has 1 aromatic heterocycles. The first-order chi connectivity index (χ1) is 14.2. The standard InChI is InChI=1S/C22H27N3O4/c1-28-12-13-29-15-25-11-8-23-21(25)16-6-9-24(10-7-16)22(27)19-14-20(26)18-5-3-2-4-17(18)19/h2-5,8,11,16,19H,6-7,9-10,12-15H2,1H3. The predicted octanol–water partition coefficient (Wildman–Crippen LogP) is 2.58. The third-order valence-corrected chi connectivity index (χ3v) is 5.91. The second-order valence-corrected chi connectivity index (χ2v) is 7.65. The zero-order valence-electron chi connectivity index (χ0n) is 16.8. The van der Waals surface area contributed by atoms with E-state index in [1.54, 1.807) is 13.3 Å². The highest BCUT2D eigenvalue weighted by molar-refractivity contribution is 6.06. The van der Waals surface area contributed by atoms with Crippen LogP contribution >= 0.6 is 0 Å². The number of aromatic nitrogens is 2. The highest BCUT2D eigenvalue weighted by atomic mass is 16.5.